The van der Waals surface area contributed by atoms with Gasteiger partial charge >= 0.3 is 11.8 Å². The van der Waals surface area contributed by atoms with Crippen molar-refractivity contribution in [3.05, 3.63) is 12.7 Å². The first-order chi connectivity index (χ1) is 5.77. The number of alkyl halides is 6. The summed E-state index contributed by atoms with van der Waals surface area (Å²) in [6.07, 6.45) is -4.71. The van der Waals surface area contributed by atoms with E-state index in [-0.39, 0.29) is 6.08 Å². The lowest BCUT2D eigenvalue weighted by atomic mass is 10.1. The summed E-state index contributed by atoms with van der Waals surface area (Å²) >= 11 is 0. The van der Waals surface area contributed by atoms with E-state index >= 15 is 0 Å². The second kappa shape index (κ2) is 4.02. The van der Waals surface area contributed by atoms with Crippen LogP contribution < -0.4 is 0 Å². The molecule has 1 unspecified atom stereocenters. The van der Waals surface area contributed by atoms with E-state index in [9.17, 15) is 26.3 Å². The summed E-state index contributed by atoms with van der Waals surface area (Å²) in [6, 6.07) is 0. The lowest BCUT2D eigenvalue weighted by Gasteiger charge is -2.24. The van der Waals surface area contributed by atoms with Crippen LogP contribution in [0.25, 0.3) is 0 Å². The minimum atomic E-state index is -4.60. The van der Waals surface area contributed by atoms with Crippen molar-refractivity contribution in [1.82, 2.24) is 0 Å². The van der Waals surface area contributed by atoms with Crippen molar-refractivity contribution in [2.75, 3.05) is 6.67 Å². The monoisotopic (exact) mass is 206 g/mol. The Bertz CT molecular complexity index is 176. The maximum absolute atomic E-state index is 12.4. The van der Waals surface area contributed by atoms with Crippen molar-refractivity contribution in [1.29, 1.82) is 0 Å². The van der Waals surface area contributed by atoms with Crippen LogP contribution in [0.2, 0.25) is 0 Å². The molecule has 0 spiro atoms. The molecule has 6 heteroatoms. The molecule has 0 aliphatic rings. The van der Waals surface area contributed by atoms with Gasteiger partial charge in [-0.05, 0) is 6.08 Å². The molecule has 0 aliphatic heterocycles. The average Bonchev–Trinajstić information content (AvgIpc) is 2.03. The molecule has 0 aromatic rings. The first-order valence-corrected chi connectivity index (χ1v) is 3.36. The molecule has 0 rings (SSSR count). The molecule has 0 amide bonds. The maximum Gasteiger partial charge on any atom is 0.328 e. The second-order valence-corrected chi connectivity index (χ2v) is 2.49. The van der Waals surface area contributed by atoms with Gasteiger partial charge in [-0.3, -0.25) is 0 Å². The Morgan fingerprint density at radius 1 is 1.23 bits per heavy atom. The van der Waals surface area contributed by atoms with Crippen LogP contribution in [-0.4, -0.2) is 24.7 Å². The van der Waals surface area contributed by atoms with Crippen molar-refractivity contribution in [2.24, 2.45) is 0 Å². The Morgan fingerprint density at radius 2 is 1.69 bits per heavy atom. The van der Waals surface area contributed by atoms with Crippen LogP contribution in [0.4, 0.5) is 26.3 Å². The Labute approximate surface area is 71.2 Å². The van der Waals surface area contributed by atoms with E-state index in [4.69, 9.17) is 0 Å². The van der Waals surface area contributed by atoms with Crippen LogP contribution in [-0.2, 0) is 0 Å². The lowest BCUT2D eigenvalue weighted by molar-refractivity contribution is -0.190. The van der Waals surface area contributed by atoms with E-state index in [1.54, 1.807) is 0 Å². The fourth-order valence-corrected chi connectivity index (χ4v) is 0.618. The molecule has 0 aliphatic carbocycles. The predicted octanol–water partition coefficient (Wildman–Crippen LogP) is 3.14. The van der Waals surface area contributed by atoms with E-state index in [1.807, 2.05) is 0 Å². The molecule has 0 aromatic carbocycles. The molecular formula is C7H8F6. The summed E-state index contributed by atoms with van der Waals surface area (Å²) in [6.45, 7) is 0.780. The lowest BCUT2D eigenvalue weighted by Crippen LogP contribution is -2.41. The van der Waals surface area contributed by atoms with Gasteiger partial charge < -0.3 is 0 Å². The van der Waals surface area contributed by atoms with E-state index in [0.29, 0.717) is 0 Å². The SMILES string of the molecule is C=CC(F)(F)C(F)(F)CC(F)CF. The number of allylic oxidation sites excluding steroid dienone is 1. The Hall–Kier alpha value is -0.680. The summed E-state index contributed by atoms with van der Waals surface area (Å²) in [5.41, 5.74) is 0. The molecular weight excluding hydrogens is 198 g/mol. The van der Waals surface area contributed by atoms with Gasteiger partial charge in [-0.25, -0.2) is 8.78 Å². The van der Waals surface area contributed by atoms with Gasteiger partial charge in [0.25, 0.3) is 0 Å². The topological polar surface area (TPSA) is 0 Å². The zero-order chi connectivity index (χ0) is 10.7. The molecule has 78 valence electrons. The second-order valence-electron chi connectivity index (χ2n) is 2.49. The first-order valence-electron chi connectivity index (χ1n) is 3.36. The number of rotatable bonds is 5. The molecule has 0 N–H and O–H groups in total. The fourth-order valence-electron chi connectivity index (χ4n) is 0.618. The maximum atomic E-state index is 12.4. The third-order valence-electron chi connectivity index (χ3n) is 1.39. The van der Waals surface area contributed by atoms with Gasteiger partial charge in [0.1, 0.15) is 12.8 Å². The smallest absolute Gasteiger partial charge is 0.248 e. The van der Waals surface area contributed by atoms with Gasteiger partial charge in [0, 0.05) is 0 Å². The summed E-state index contributed by atoms with van der Waals surface area (Å²) < 4.78 is 72.9. The fraction of sp³-hybridized carbons (Fsp3) is 0.714. The highest BCUT2D eigenvalue weighted by Crippen LogP contribution is 2.39. The van der Waals surface area contributed by atoms with Crippen LogP contribution in [0.5, 0.6) is 0 Å². The molecule has 1 atom stereocenters. The minimum Gasteiger partial charge on any atom is -0.248 e. The van der Waals surface area contributed by atoms with Crippen LogP contribution in [0.15, 0.2) is 12.7 Å². The predicted molar refractivity (Wildman–Crippen MR) is 35.6 cm³/mol. The molecule has 0 bridgehead atoms. The van der Waals surface area contributed by atoms with Gasteiger partial charge in [-0.15, -0.1) is 0 Å². The van der Waals surface area contributed by atoms with Crippen LogP contribution in [0, 0.1) is 0 Å². The van der Waals surface area contributed by atoms with Gasteiger partial charge in [0.05, 0.1) is 6.42 Å². The highest BCUT2D eigenvalue weighted by Gasteiger charge is 2.54. The van der Waals surface area contributed by atoms with Gasteiger partial charge in [0.15, 0.2) is 0 Å². The molecule has 13 heavy (non-hydrogen) atoms. The van der Waals surface area contributed by atoms with Gasteiger partial charge in [-0.2, -0.15) is 17.6 Å². The minimum absolute atomic E-state index is 0.280. The molecule has 0 fully saturated rings. The quantitative estimate of drug-likeness (QED) is 0.478. The average molecular weight is 206 g/mol. The first kappa shape index (κ1) is 12.3. The summed E-state index contributed by atoms with van der Waals surface area (Å²) in [7, 11) is 0. The third-order valence-corrected chi connectivity index (χ3v) is 1.39. The van der Waals surface area contributed by atoms with E-state index in [0.717, 1.165) is 0 Å². The highest BCUT2D eigenvalue weighted by molar-refractivity contribution is 4.99. The van der Waals surface area contributed by atoms with Crippen molar-refractivity contribution in [2.45, 2.75) is 24.4 Å². The number of halogens is 6. The summed E-state index contributed by atoms with van der Waals surface area (Å²) in [5.74, 6) is -9.10. The van der Waals surface area contributed by atoms with Crippen molar-refractivity contribution < 1.29 is 26.3 Å². The largest absolute Gasteiger partial charge is 0.328 e. The van der Waals surface area contributed by atoms with Crippen molar-refractivity contribution >= 4 is 0 Å². The molecule has 0 heterocycles. The molecule has 0 saturated heterocycles. The van der Waals surface area contributed by atoms with Crippen molar-refractivity contribution in [3.63, 3.8) is 0 Å². The number of hydrogen-bond donors (Lipinski definition) is 0. The number of hydrogen-bond acceptors (Lipinski definition) is 0. The Morgan fingerprint density at radius 3 is 2.00 bits per heavy atom. The summed E-state index contributed by atoms with van der Waals surface area (Å²) in [4.78, 5) is 0. The van der Waals surface area contributed by atoms with E-state index in [2.05, 4.69) is 6.58 Å². The standard InChI is InChI=1S/C7H8F6/c1-2-6(10,11)7(12,13)3-5(9)4-8/h2,5H,1,3-4H2. The van der Waals surface area contributed by atoms with Crippen LogP contribution in [0.1, 0.15) is 6.42 Å². The molecule has 0 nitrogen and oxygen atoms in total. The normalized spacial score (nSPS) is 15.5. The summed E-state index contributed by atoms with van der Waals surface area (Å²) in [5, 5.41) is 0. The Kier molecular flexibility index (Phi) is 3.81. The third kappa shape index (κ3) is 2.93. The molecule has 0 radical (unpaired) electrons. The Balaban J connectivity index is 4.47. The molecule has 0 aromatic heterocycles. The molecule has 0 saturated carbocycles. The van der Waals surface area contributed by atoms with Gasteiger partial charge in [0.2, 0.25) is 0 Å². The van der Waals surface area contributed by atoms with E-state index < -0.39 is 31.1 Å². The van der Waals surface area contributed by atoms with Crippen LogP contribution >= 0.6 is 0 Å². The zero-order valence-corrected chi connectivity index (χ0v) is 6.54. The zero-order valence-electron chi connectivity index (χ0n) is 6.54. The van der Waals surface area contributed by atoms with Gasteiger partial charge in [-0.1, -0.05) is 6.58 Å². The van der Waals surface area contributed by atoms with E-state index in [1.165, 1.54) is 0 Å². The van der Waals surface area contributed by atoms with Crippen LogP contribution in [0.3, 0.4) is 0 Å². The highest BCUT2D eigenvalue weighted by atomic mass is 19.3. The van der Waals surface area contributed by atoms with Crippen molar-refractivity contribution in [3.8, 4) is 0 Å².